The van der Waals surface area contributed by atoms with Crippen LogP contribution in [-0.4, -0.2) is 56.4 Å². The zero-order valence-corrected chi connectivity index (χ0v) is 12.9. The molecular weight excluding hydrogens is 292 g/mol. The molecule has 1 aromatic carbocycles. The maximum atomic E-state index is 12.0. The van der Waals surface area contributed by atoms with Gasteiger partial charge in [-0.05, 0) is 52.8 Å². The average Bonchev–Trinajstić information content (AvgIpc) is 2.29. The molecular formula is C14H21BrN2O. The summed E-state index contributed by atoms with van der Waals surface area (Å²) in [6.07, 6.45) is 1.08. The summed E-state index contributed by atoms with van der Waals surface area (Å²) >= 11 is 3.37. The minimum absolute atomic E-state index is 0.176. The van der Waals surface area contributed by atoms with Crippen LogP contribution < -0.4 is 0 Å². The van der Waals surface area contributed by atoms with Crippen LogP contribution in [0.1, 0.15) is 16.8 Å². The Kier molecular flexibility index (Phi) is 6.54. The summed E-state index contributed by atoms with van der Waals surface area (Å²) in [6, 6.07) is 7.53. The standard InChI is InChI=1S/C14H21BrN2O/c1-16(2)9-4-10-17(3)11-14(18)12-5-7-13(15)8-6-12/h5-8H,4,9-11H2,1-3H3. The summed E-state index contributed by atoms with van der Waals surface area (Å²) in [5.41, 5.74) is 0.776. The highest BCUT2D eigenvalue weighted by Gasteiger charge is 2.08. The van der Waals surface area contributed by atoms with Crippen LogP contribution in [0.25, 0.3) is 0 Å². The van der Waals surface area contributed by atoms with Crippen molar-refractivity contribution in [2.45, 2.75) is 6.42 Å². The van der Waals surface area contributed by atoms with Gasteiger partial charge in [-0.3, -0.25) is 9.69 Å². The van der Waals surface area contributed by atoms with Crippen molar-refractivity contribution in [3.05, 3.63) is 34.3 Å². The third-order valence-corrected chi connectivity index (χ3v) is 3.25. The van der Waals surface area contributed by atoms with Gasteiger partial charge in [-0.1, -0.05) is 28.1 Å². The Labute approximate surface area is 118 Å². The molecule has 0 heterocycles. The molecule has 1 aromatic rings. The number of hydrogen-bond donors (Lipinski definition) is 0. The molecule has 4 heteroatoms. The van der Waals surface area contributed by atoms with Gasteiger partial charge in [0.05, 0.1) is 6.54 Å². The fourth-order valence-corrected chi connectivity index (χ4v) is 1.97. The molecule has 100 valence electrons. The van der Waals surface area contributed by atoms with E-state index >= 15 is 0 Å². The third kappa shape index (κ3) is 5.76. The molecule has 18 heavy (non-hydrogen) atoms. The van der Waals surface area contributed by atoms with Crippen molar-refractivity contribution in [3.8, 4) is 0 Å². The number of carbonyl (C=O) groups excluding carboxylic acids is 1. The van der Waals surface area contributed by atoms with E-state index in [-0.39, 0.29) is 5.78 Å². The Morgan fingerprint density at radius 1 is 1.11 bits per heavy atom. The number of likely N-dealkylation sites (N-methyl/N-ethyl adjacent to an activating group) is 1. The number of Topliss-reactive ketones (excluding diaryl/α,β-unsaturated/α-hetero) is 1. The zero-order valence-electron chi connectivity index (χ0n) is 11.3. The van der Waals surface area contributed by atoms with Crippen molar-refractivity contribution < 1.29 is 4.79 Å². The molecule has 1 rings (SSSR count). The molecule has 0 fully saturated rings. The van der Waals surface area contributed by atoms with Gasteiger partial charge in [-0.25, -0.2) is 0 Å². The van der Waals surface area contributed by atoms with Gasteiger partial charge in [0.2, 0.25) is 0 Å². The molecule has 0 radical (unpaired) electrons. The van der Waals surface area contributed by atoms with Crippen LogP contribution in [0.2, 0.25) is 0 Å². The van der Waals surface area contributed by atoms with E-state index < -0.39 is 0 Å². The average molecular weight is 313 g/mol. The molecule has 3 nitrogen and oxygen atoms in total. The molecule has 0 saturated carbocycles. The summed E-state index contributed by atoms with van der Waals surface area (Å²) in [5.74, 6) is 0.176. The number of ketones is 1. The SMILES string of the molecule is CN(C)CCCN(C)CC(=O)c1ccc(Br)cc1. The Morgan fingerprint density at radius 2 is 1.72 bits per heavy atom. The Bertz CT molecular complexity index is 376. The minimum Gasteiger partial charge on any atom is -0.309 e. The van der Waals surface area contributed by atoms with E-state index in [1.807, 2.05) is 31.3 Å². The van der Waals surface area contributed by atoms with Gasteiger partial charge in [-0.2, -0.15) is 0 Å². The van der Waals surface area contributed by atoms with Crippen molar-refractivity contribution in [2.24, 2.45) is 0 Å². The largest absolute Gasteiger partial charge is 0.309 e. The number of rotatable bonds is 7. The lowest BCUT2D eigenvalue weighted by Gasteiger charge is -2.17. The molecule has 0 aliphatic carbocycles. The van der Waals surface area contributed by atoms with E-state index in [9.17, 15) is 4.79 Å². The van der Waals surface area contributed by atoms with E-state index in [4.69, 9.17) is 0 Å². The monoisotopic (exact) mass is 312 g/mol. The molecule has 0 aromatic heterocycles. The fourth-order valence-electron chi connectivity index (χ4n) is 1.71. The van der Waals surface area contributed by atoms with E-state index in [0.29, 0.717) is 6.54 Å². The van der Waals surface area contributed by atoms with Crippen LogP contribution >= 0.6 is 15.9 Å². The van der Waals surface area contributed by atoms with Gasteiger partial charge in [0.15, 0.2) is 5.78 Å². The fraction of sp³-hybridized carbons (Fsp3) is 0.500. The van der Waals surface area contributed by atoms with Crippen LogP contribution in [0.4, 0.5) is 0 Å². The predicted molar refractivity (Wildman–Crippen MR) is 79.1 cm³/mol. The van der Waals surface area contributed by atoms with Gasteiger partial charge in [0.25, 0.3) is 0 Å². The van der Waals surface area contributed by atoms with Crippen LogP contribution in [-0.2, 0) is 0 Å². The highest BCUT2D eigenvalue weighted by molar-refractivity contribution is 9.10. The lowest BCUT2D eigenvalue weighted by Crippen LogP contribution is -2.29. The highest BCUT2D eigenvalue weighted by atomic mass is 79.9. The maximum Gasteiger partial charge on any atom is 0.176 e. The summed E-state index contributed by atoms with van der Waals surface area (Å²) in [5, 5.41) is 0. The Morgan fingerprint density at radius 3 is 2.28 bits per heavy atom. The molecule has 0 saturated heterocycles. The zero-order chi connectivity index (χ0) is 13.5. The van der Waals surface area contributed by atoms with Gasteiger partial charge in [0.1, 0.15) is 0 Å². The summed E-state index contributed by atoms with van der Waals surface area (Å²) < 4.78 is 0.999. The van der Waals surface area contributed by atoms with Crippen molar-refractivity contribution in [1.29, 1.82) is 0 Å². The maximum absolute atomic E-state index is 12.0. The van der Waals surface area contributed by atoms with Crippen molar-refractivity contribution in [3.63, 3.8) is 0 Å². The number of carbonyl (C=O) groups is 1. The number of nitrogens with zero attached hydrogens (tertiary/aromatic N) is 2. The summed E-state index contributed by atoms with van der Waals surface area (Å²) in [6.45, 7) is 2.48. The second-order valence-corrected chi connectivity index (χ2v) is 5.74. The molecule has 0 aliphatic heterocycles. The van der Waals surface area contributed by atoms with Crippen LogP contribution in [0.15, 0.2) is 28.7 Å². The first-order valence-electron chi connectivity index (χ1n) is 6.11. The third-order valence-electron chi connectivity index (χ3n) is 2.72. The van der Waals surface area contributed by atoms with E-state index in [2.05, 4.69) is 39.8 Å². The molecule has 0 spiro atoms. The molecule has 0 atom stereocenters. The second-order valence-electron chi connectivity index (χ2n) is 4.82. The molecule has 0 aliphatic rings. The van der Waals surface area contributed by atoms with Crippen LogP contribution in [0, 0.1) is 0 Å². The first-order chi connectivity index (χ1) is 8.49. The lowest BCUT2D eigenvalue weighted by molar-refractivity contribution is 0.0944. The van der Waals surface area contributed by atoms with Crippen molar-refractivity contribution in [2.75, 3.05) is 40.8 Å². The quantitative estimate of drug-likeness (QED) is 0.723. The normalized spacial score (nSPS) is 11.2. The summed E-state index contributed by atoms with van der Waals surface area (Å²) in [4.78, 5) is 16.2. The topological polar surface area (TPSA) is 23.6 Å². The number of halogens is 1. The van der Waals surface area contributed by atoms with E-state index in [1.54, 1.807) is 0 Å². The smallest absolute Gasteiger partial charge is 0.176 e. The summed E-state index contributed by atoms with van der Waals surface area (Å²) in [7, 11) is 6.12. The Hall–Kier alpha value is -0.710. The van der Waals surface area contributed by atoms with E-state index in [1.165, 1.54) is 0 Å². The number of benzene rings is 1. The molecule has 0 bridgehead atoms. The number of hydrogen-bond acceptors (Lipinski definition) is 3. The van der Waals surface area contributed by atoms with E-state index in [0.717, 1.165) is 29.5 Å². The molecule has 0 amide bonds. The second kappa shape index (κ2) is 7.67. The minimum atomic E-state index is 0.176. The first kappa shape index (κ1) is 15.3. The Balaban J connectivity index is 2.37. The lowest BCUT2D eigenvalue weighted by atomic mass is 10.1. The van der Waals surface area contributed by atoms with Gasteiger partial charge in [-0.15, -0.1) is 0 Å². The molecule has 0 unspecified atom stereocenters. The predicted octanol–water partition coefficient (Wildman–Crippen LogP) is 2.52. The van der Waals surface area contributed by atoms with Crippen molar-refractivity contribution in [1.82, 2.24) is 9.80 Å². The molecule has 0 N–H and O–H groups in total. The van der Waals surface area contributed by atoms with Gasteiger partial charge >= 0.3 is 0 Å². The van der Waals surface area contributed by atoms with Gasteiger partial charge in [0, 0.05) is 10.0 Å². The first-order valence-corrected chi connectivity index (χ1v) is 6.90. The van der Waals surface area contributed by atoms with Gasteiger partial charge < -0.3 is 4.90 Å². The van der Waals surface area contributed by atoms with Crippen LogP contribution in [0.3, 0.4) is 0 Å². The van der Waals surface area contributed by atoms with Crippen LogP contribution in [0.5, 0.6) is 0 Å². The van der Waals surface area contributed by atoms with Crippen molar-refractivity contribution >= 4 is 21.7 Å². The highest BCUT2D eigenvalue weighted by Crippen LogP contribution is 2.11.